The van der Waals surface area contributed by atoms with E-state index in [2.05, 4.69) is 57.4 Å². The maximum Gasteiger partial charge on any atom is 0.0818 e. The van der Waals surface area contributed by atoms with E-state index >= 15 is 0 Å². The van der Waals surface area contributed by atoms with Crippen LogP contribution in [0.3, 0.4) is 0 Å². The molecule has 1 atom stereocenters. The first kappa shape index (κ1) is 10.2. The molecule has 1 N–H and O–H groups in total. The minimum absolute atomic E-state index is 0.470. The number of hydrogen-bond acceptors (Lipinski definition) is 2. The fourth-order valence-electron chi connectivity index (χ4n) is 3.24. The normalized spacial score (nSPS) is 21.8. The molecule has 1 saturated heterocycles. The summed E-state index contributed by atoms with van der Waals surface area (Å²) in [7, 11) is 0. The summed E-state index contributed by atoms with van der Waals surface area (Å²) in [6.45, 7) is 4.20. The third-order valence-electron chi connectivity index (χ3n) is 4.09. The van der Waals surface area contributed by atoms with Gasteiger partial charge < -0.3 is 14.8 Å². The topological polar surface area (TPSA) is 20.2 Å². The molecule has 1 aromatic heterocycles. The molecular weight excluding hydrogens is 222 g/mol. The standard InChI is InChI=1S/C15H17N3/c1-2-5-13-12(4-1)11-17-8-3-6-14(17)15-10-16-7-9-18(13)15/h1-6,8,15-16H,7,9-11H2/t15-/m0/s1. The smallest absolute Gasteiger partial charge is 0.0818 e. The van der Waals surface area contributed by atoms with Gasteiger partial charge in [-0.15, -0.1) is 0 Å². The number of benzene rings is 1. The Balaban J connectivity index is 1.91. The van der Waals surface area contributed by atoms with E-state index in [1.54, 1.807) is 0 Å². The highest BCUT2D eigenvalue weighted by Gasteiger charge is 2.29. The lowest BCUT2D eigenvalue weighted by Crippen LogP contribution is -2.46. The zero-order chi connectivity index (χ0) is 11.9. The van der Waals surface area contributed by atoms with E-state index < -0.39 is 0 Å². The van der Waals surface area contributed by atoms with Crippen molar-refractivity contribution in [2.75, 3.05) is 24.5 Å². The summed E-state index contributed by atoms with van der Waals surface area (Å²) in [6.07, 6.45) is 2.20. The van der Waals surface area contributed by atoms with E-state index in [-0.39, 0.29) is 0 Å². The molecule has 18 heavy (non-hydrogen) atoms. The van der Waals surface area contributed by atoms with Crippen LogP contribution in [0.25, 0.3) is 0 Å². The Kier molecular flexibility index (Phi) is 2.20. The van der Waals surface area contributed by atoms with E-state index in [0.29, 0.717) is 6.04 Å². The molecule has 3 nitrogen and oxygen atoms in total. The highest BCUT2D eigenvalue weighted by Crippen LogP contribution is 2.34. The maximum absolute atomic E-state index is 3.52. The number of aromatic nitrogens is 1. The second kappa shape index (κ2) is 3.89. The van der Waals surface area contributed by atoms with Crippen molar-refractivity contribution in [1.82, 2.24) is 9.88 Å². The van der Waals surface area contributed by atoms with Crippen LogP contribution in [0.2, 0.25) is 0 Å². The van der Waals surface area contributed by atoms with Gasteiger partial charge in [0.05, 0.1) is 6.04 Å². The van der Waals surface area contributed by atoms with Crippen molar-refractivity contribution in [1.29, 1.82) is 0 Å². The lowest BCUT2D eigenvalue weighted by molar-refractivity contribution is 0.477. The van der Waals surface area contributed by atoms with Crippen LogP contribution in [-0.4, -0.2) is 24.2 Å². The lowest BCUT2D eigenvalue weighted by Gasteiger charge is -2.37. The Morgan fingerprint density at radius 1 is 1.11 bits per heavy atom. The van der Waals surface area contributed by atoms with Gasteiger partial charge >= 0.3 is 0 Å². The molecule has 0 amide bonds. The van der Waals surface area contributed by atoms with Gasteiger partial charge in [0.1, 0.15) is 0 Å². The summed E-state index contributed by atoms with van der Waals surface area (Å²) < 4.78 is 2.39. The van der Waals surface area contributed by atoms with Gasteiger partial charge in [0.25, 0.3) is 0 Å². The fourth-order valence-corrected chi connectivity index (χ4v) is 3.24. The van der Waals surface area contributed by atoms with E-state index in [4.69, 9.17) is 0 Å². The van der Waals surface area contributed by atoms with Gasteiger partial charge in [-0.2, -0.15) is 0 Å². The quantitative estimate of drug-likeness (QED) is 0.759. The van der Waals surface area contributed by atoms with E-state index in [9.17, 15) is 0 Å². The number of hydrogen-bond donors (Lipinski definition) is 1. The van der Waals surface area contributed by atoms with E-state index in [1.165, 1.54) is 16.9 Å². The first-order chi connectivity index (χ1) is 8.93. The Morgan fingerprint density at radius 3 is 3.06 bits per heavy atom. The van der Waals surface area contributed by atoms with E-state index in [0.717, 1.165) is 26.2 Å². The summed E-state index contributed by atoms with van der Waals surface area (Å²) in [4.78, 5) is 2.56. The number of para-hydroxylation sites is 1. The molecule has 2 aromatic rings. The van der Waals surface area contributed by atoms with Crippen molar-refractivity contribution in [3.8, 4) is 0 Å². The van der Waals surface area contributed by atoms with Crippen LogP contribution < -0.4 is 10.2 Å². The van der Waals surface area contributed by atoms with Gasteiger partial charge in [-0.1, -0.05) is 18.2 Å². The molecule has 3 heteroatoms. The van der Waals surface area contributed by atoms with Crippen molar-refractivity contribution in [2.45, 2.75) is 12.6 Å². The average molecular weight is 239 g/mol. The third kappa shape index (κ3) is 1.40. The number of fused-ring (bicyclic) bond motifs is 5. The van der Waals surface area contributed by atoms with Crippen LogP contribution in [0.1, 0.15) is 17.3 Å². The second-order valence-electron chi connectivity index (χ2n) is 5.10. The molecular formula is C15H17N3. The average Bonchev–Trinajstić information content (AvgIpc) is 2.83. The van der Waals surface area contributed by atoms with Crippen molar-refractivity contribution < 1.29 is 0 Å². The Hall–Kier alpha value is -1.74. The van der Waals surface area contributed by atoms with Crippen LogP contribution in [-0.2, 0) is 6.54 Å². The molecule has 0 bridgehead atoms. The summed E-state index contributed by atoms with van der Waals surface area (Å²) in [5.41, 5.74) is 4.27. The Morgan fingerprint density at radius 2 is 2.06 bits per heavy atom. The van der Waals surface area contributed by atoms with Crippen molar-refractivity contribution in [3.05, 3.63) is 53.9 Å². The van der Waals surface area contributed by atoms with Gasteiger partial charge in [-0.05, 0) is 23.8 Å². The Labute approximate surface area is 107 Å². The van der Waals surface area contributed by atoms with Crippen LogP contribution in [0.4, 0.5) is 5.69 Å². The molecule has 1 fully saturated rings. The van der Waals surface area contributed by atoms with Gasteiger partial charge in [-0.3, -0.25) is 0 Å². The Bertz CT molecular complexity index is 573. The molecule has 0 spiro atoms. The fraction of sp³-hybridized carbons (Fsp3) is 0.333. The molecule has 0 unspecified atom stereocenters. The van der Waals surface area contributed by atoms with E-state index in [1.807, 2.05) is 0 Å². The summed E-state index contributed by atoms with van der Waals surface area (Å²) in [5.74, 6) is 0. The first-order valence-electron chi connectivity index (χ1n) is 6.64. The molecule has 3 heterocycles. The largest absolute Gasteiger partial charge is 0.360 e. The molecule has 0 aliphatic carbocycles. The maximum atomic E-state index is 3.52. The molecule has 0 radical (unpaired) electrons. The van der Waals surface area contributed by atoms with Crippen LogP contribution in [0.5, 0.6) is 0 Å². The zero-order valence-corrected chi connectivity index (χ0v) is 10.3. The molecule has 1 aromatic carbocycles. The summed E-state index contributed by atoms with van der Waals surface area (Å²) in [6, 6.07) is 13.7. The monoisotopic (exact) mass is 239 g/mol. The molecule has 2 aliphatic rings. The van der Waals surface area contributed by atoms with Crippen molar-refractivity contribution in [3.63, 3.8) is 0 Å². The second-order valence-corrected chi connectivity index (χ2v) is 5.10. The predicted molar refractivity (Wildman–Crippen MR) is 72.9 cm³/mol. The summed E-state index contributed by atoms with van der Waals surface area (Å²) in [5, 5.41) is 3.52. The SMILES string of the molecule is c1ccc2c(c1)Cn1cccc1[C@@H]1CNCCN21. The van der Waals surface area contributed by atoms with Gasteiger partial charge in [0.2, 0.25) is 0 Å². The van der Waals surface area contributed by atoms with Gasteiger partial charge in [0, 0.05) is 43.8 Å². The lowest BCUT2D eigenvalue weighted by atomic mass is 10.1. The molecule has 2 aliphatic heterocycles. The number of rotatable bonds is 0. The molecule has 0 saturated carbocycles. The number of nitrogens with zero attached hydrogens (tertiary/aromatic N) is 2. The number of anilines is 1. The zero-order valence-electron chi connectivity index (χ0n) is 10.3. The molecule has 92 valence electrons. The third-order valence-corrected chi connectivity index (χ3v) is 4.09. The first-order valence-corrected chi connectivity index (χ1v) is 6.64. The minimum Gasteiger partial charge on any atom is -0.360 e. The predicted octanol–water partition coefficient (Wildman–Crippen LogP) is 2.00. The van der Waals surface area contributed by atoms with Crippen molar-refractivity contribution >= 4 is 5.69 Å². The van der Waals surface area contributed by atoms with Crippen LogP contribution in [0, 0.1) is 0 Å². The van der Waals surface area contributed by atoms with Crippen LogP contribution >= 0.6 is 0 Å². The molecule has 4 rings (SSSR count). The summed E-state index contributed by atoms with van der Waals surface area (Å²) >= 11 is 0. The minimum atomic E-state index is 0.470. The van der Waals surface area contributed by atoms with Crippen LogP contribution in [0.15, 0.2) is 42.6 Å². The highest BCUT2D eigenvalue weighted by molar-refractivity contribution is 5.57. The number of nitrogens with one attached hydrogen (secondary N) is 1. The highest BCUT2D eigenvalue weighted by atomic mass is 15.3. The number of piperazine rings is 1. The van der Waals surface area contributed by atoms with Gasteiger partial charge in [0.15, 0.2) is 0 Å². The van der Waals surface area contributed by atoms with Gasteiger partial charge in [-0.25, -0.2) is 0 Å². The van der Waals surface area contributed by atoms with Crippen molar-refractivity contribution in [2.24, 2.45) is 0 Å².